The lowest BCUT2D eigenvalue weighted by molar-refractivity contribution is 0.00951. The monoisotopic (exact) mass is 409 g/mol. The molecule has 0 aliphatic carbocycles. The minimum absolute atomic E-state index is 0.410. The first-order valence-corrected chi connectivity index (χ1v) is 11.2. The zero-order chi connectivity index (χ0) is 19.7. The number of rotatable bonds is 8. The average Bonchev–Trinajstić information content (AvgIpc) is 3.18. The van der Waals surface area contributed by atoms with Gasteiger partial charge in [-0.05, 0) is 44.2 Å². The fourth-order valence-corrected chi connectivity index (χ4v) is 4.58. The molecule has 1 unspecified atom stereocenters. The molecule has 152 valence electrons. The Hall–Kier alpha value is -2.38. The largest absolute Gasteiger partial charge is 0.378 e. The molecular weight excluding hydrogens is 382 g/mol. The highest BCUT2D eigenvalue weighted by Gasteiger charge is 2.15. The molecule has 0 aromatic carbocycles. The van der Waals surface area contributed by atoms with E-state index in [2.05, 4.69) is 24.9 Å². The normalized spacial score (nSPS) is 17.5. The van der Waals surface area contributed by atoms with Gasteiger partial charge in [0.05, 0.1) is 18.0 Å². The summed E-state index contributed by atoms with van der Waals surface area (Å²) in [5.74, 6) is 0. The Morgan fingerprint density at radius 3 is 2.97 bits per heavy atom. The van der Waals surface area contributed by atoms with E-state index < -0.39 is 0 Å². The Kier molecular flexibility index (Phi) is 7.15. The van der Waals surface area contributed by atoms with Gasteiger partial charge in [0.25, 0.3) is 0 Å². The van der Waals surface area contributed by atoms with Crippen molar-refractivity contribution in [3.63, 3.8) is 0 Å². The summed E-state index contributed by atoms with van der Waals surface area (Å²) in [5.41, 5.74) is 3.05. The second-order valence-electron chi connectivity index (χ2n) is 7.23. The molecule has 3 aromatic rings. The Morgan fingerprint density at radius 1 is 1.17 bits per heavy atom. The average molecular weight is 410 g/mol. The minimum atomic E-state index is 0.410. The van der Waals surface area contributed by atoms with E-state index in [9.17, 15) is 0 Å². The molecule has 1 atom stereocenters. The highest BCUT2D eigenvalue weighted by atomic mass is 32.1. The minimum Gasteiger partial charge on any atom is -0.378 e. The standard InChI is InChI=1S/C22H27N5OS/c1-3-10-24-18(6-1)9-11-26-22-27(14-5-8-19-7-2-4-15-28-19)21(17-29-22)20-16-23-12-13-25-20/h1,3,6,10,12-13,16-17,19H,2,4-5,7-9,11,14-15H2. The van der Waals surface area contributed by atoms with Crippen LogP contribution in [-0.2, 0) is 17.7 Å². The van der Waals surface area contributed by atoms with Crippen LogP contribution in [0.15, 0.2) is 53.4 Å². The van der Waals surface area contributed by atoms with Crippen LogP contribution in [0.5, 0.6) is 0 Å². The zero-order valence-corrected chi connectivity index (χ0v) is 17.4. The first-order chi connectivity index (χ1) is 14.4. The molecule has 0 N–H and O–H groups in total. The number of thiazole rings is 1. The van der Waals surface area contributed by atoms with Crippen LogP contribution in [0, 0.1) is 0 Å². The van der Waals surface area contributed by atoms with E-state index in [1.165, 1.54) is 19.3 Å². The summed E-state index contributed by atoms with van der Waals surface area (Å²) in [5, 5.41) is 2.14. The Morgan fingerprint density at radius 2 is 2.17 bits per heavy atom. The van der Waals surface area contributed by atoms with Crippen LogP contribution in [0.1, 0.15) is 37.8 Å². The Bertz CT molecular complexity index is 933. The quantitative estimate of drug-likeness (QED) is 0.566. The topological polar surface area (TPSA) is 65.2 Å². The number of ether oxygens (including phenoxy) is 1. The molecular formula is C22H27N5OS. The summed E-state index contributed by atoms with van der Waals surface area (Å²) in [4.78, 5) is 19.0. The molecule has 0 amide bonds. The maximum absolute atomic E-state index is 5.90. The van der Waals surface area contributed by atoms with Crippen LogP contribution >= 0.6 is 11.3 Å². The number of pyridine rings is 1. The predicted molar refractivity (Wildman–Crippen MR) is 115 cm³/mol. The number of hydrogen-bond donors (Lipinski definition) is 0. The molecule has 1 saturated heterocycles. The molecule has 4 heterocycles. The second-order valence-corrected chi connectivity index (χ2v) is 8.07. The lowest BCUT2D eigenvalue weighted by atomic mass is 10.0. The van der Waals surface area contributed by atoms with Gasteiger partial charge in [0, 0.05) is 55.8 Å². The molecule has 3 aromatic heterocycles. The van der Waals surface area contributed by atoms with E-state index in [-0.39, 0.29) is 0 Å². The lowest BCUT2D eigenvalue weighted by Crippen LogP contribution is -2.21. The van der Waals surface area contributed by atoms with Gasteiger partial charge < -0.3 is 9.30 Å². The maximum Gasteiger partial charge on any atom is 0.185 e. The number of nitrogens with zero attached hydrogens (tertiary/aromatic N) is 5. The van der Waals surface area contributed by atoms with Crippen molar-refractivity contribution in [1.29, 1.82) is 0 Å². The summed E-state index contributed by atoms with van der Waals surface area (Å²) in [6.07, 6.45) is 14.2. The van der Waals surface area contributed by atoms with E-state index in [0.717, 1.165) is 60.8 Å². The molecule has 29 heavy (non-hydrogen) atoms. The van der Waals surface area contributed by atoms with Gasteiger partial charge in [-0.15, -0.1) is 11.3 Å². The molecule has 0 saturated carbocycles. The lowest BCUT2D eigenvalue weighted by Gasteiger charge is -2.22. The molecule has 0 radical (unpaired) electrons. The van der Waals surface area contributed by atoms with Crippen LogP contribution < -0.4 is 4.80 Å². The molecule has 1 aliphatic rings. The summed E-state index contributed by atoms with van der Waals surface area (Å²) >= 11 is 1.67. The van der Waals surface area contributed by atoms with E-state index in [1.54, 1.807) is 23.7 Å². The van der Waals surface area contributed by atoms with Crippen molar-refractivity contribution in [1.82, 2.24) is 19.5 Å². The Balaban J connectivity index is 1.49. The van der Waals surface area contributed by atoms with Gasteiger partial charge in [0.2, 0.25) is 0 Å². The molecule has 0 bridgehead atoms. The predicted octanol–water partition coefficient (Wildman–Crippen LogP) is 3.89. The summed E-state index contributed by atoms with van der Waals surface area (Å²) in [6.45, 7) is 2.55. The smallest absolute Gasteiger partial charge is 0.185 e. The number of hydrogen-bond acceptors (Lipinski definition) is 6. The highest BCUT2D eigenvalue weighted by Crippen LogP contribution is 2.20. The SMILES string of the molecule is c1ccc(CCN=c2scc(-c3cnccn3)n2CCCC2CCCCO2)nc1. The van der Waals surface area contributed by atoms with Gasteiger partial charge in [-0.2, -0.15) is 0 Å². The fourth-order valence-electron chi connectivity index (χ4n) is 3.63. The zero-order valence-electron chi connectivity index (χ0n) is 16.6. The summed E-state index contributed by atoms with van der Waals surface area (Å²) < 4.78 is 8.18. The third kappa shape index (κ3) is 5.58. The van der Waals surface area contributed by atoms with Gasteiger partial charge in [0.15, 0.2) is 4.80 Å². The molecule has 4 rings (SSSR count). The van der Waals surface area contributed by atoms with Crippen LogP contribution in [0.25, 0.3) is 11.4 Å². The van der Waals surface area contributed by atoms with Crippen molar-refractivity contribution in [2.75, 3.05) is 13.2 Å². The van der Waals surface area contributed by atoms with Crippen molar-refractivity contribution in [2.24, 2.45) is 4.99 Å². The molecule has 6 nitrogen and oxygen atoms in total. The van der Waals surface area contributed by atoms with E-state index in [4.69, 9.17) is 9.73 Å². The van der Waals surface area contributed by atoms with Gasteiger partial charge in [-0.25, -0.2) is 0 Å². The second kappa shape index (κ2) is 10.4. The van der Waals surface area contributed by atoms with Crippen LogP contribution in [0.4, 0.5) is 0 Å². The van der Waals surface area contributed by atoms with Crippen molar-refractivity contribution in [3.05, 3.63) is 58.9 Å². The third-order valence-corrected chi connectivity index (χ3v) is 6.05. The van der Waals surface area contributed by atoms with Gasteiger partial charge >= 0.3 is 0 Å². The van der Waals surface area contributed by atoms with Gasteiger partial charge in [-0.3, -0.25) is 19.9 Å². The fraction of sp³-hybridized carbons (Fsp3) is 0.455. The van der Waals surface area contributed by atoms with E-state index >= 15 is 0 Å². The van der Waals surface area contributed by atoms with Gasteiger partial charge in [-0.1, -0.05) is 6.07 Å². The first kappa shape index (κ1) is 19.9. The Labute approximate surface area is 175 Å². The van der Waals surface area contributed by atoms with Crippen molar-refractivity contribution in [2.45, 2.75) is 51.2 Å². The molecule has 0 spiro atoms. The van der Waals surface area contributed by atoms with Crippen LogP contribution in [0.2, 0.25) is 0 Å². The highest BCUT2D eigenvalue weighted by molar-refractivity contribution is 7.07. The molecule has 1 fully saturated rings. The summed E-state index contributed by atoms with van der Waals surface area (Å²) in [6, 6.07) is 6.01. The molecule has 7 heteroatoms. The van der Waals surface area contributed by atoms with Crippen LogP contribution in [0.3, 0.4) is 0 Å². The van der Waals surface area contributed by atoms with E-state index in [0.29, 0.717) is 6.10 Å². The van der Waals surface area contributed by atoms with Crippen LogP contribution in [-0.4, -0.2) is 38.8 Å². The van der Waals surface area contributed by atoms with Crippen molar-refractivity contribution in [3.8, 4) is 11.4 Å². The van der Waals surface area contributed by atoms with E-state index in [1.807, 2.05) is 30.6 Å². The maximum atomic E-state index is 5.90. The first-order valence-electron chi connectivity index (χ1n) is 10.4. The van der Waals surface area contributed by atoms with Gasteiger partial charge in [0.1, 0.15) is 5.69 Å². The number of aromatic nitrogens is 4. The third-order valence-electron chi connectivity index (χ3n) is 5.15. The van der Waals surface area contributed by atoms with Crippen molar-refractivity contribution < 1.29 is 4.74 Å². The van der Waals surface area contributed by atoms with Crippen molar-refractivity contribution >= 4 is 11.3 Å². The molecule has 1 aliphatic heterocycles. The summed E-state index contributed by atoms with van der Waals surface area (Å²) in [7, 11) is 0.